The van der Waals surface area contributed by atoms with Gasteiger partial charge in [0.1, 0.15) is 21.5 Å². The highest BCUT2D eigenvalue weighted by molar-refractivity contribution is 14.1. The molecule has 148 valence electrons. The molecule has 0 aliphatic rings. The van der Waals surface area contributed by atoms with Crippen LogP contribution in [0.25, 0.3) is 0 Å². The van der Waals surface area contributed by atoms with E-state index in [2.05, 4.69) is 0 Å². The maximum atomic E-state index is 12.6. The van der Waals surface area contributed by atoms with E-state index in [1.54, 1.807) is 46.9 Å². The standard InChI is InChI=1S/C19H11I2NO7/c20-16-12(5-3-6-14(16)22(25)26)19(24)29-15-7-2-1-4-11(15)10-28-18(23)13-8-9-27-17(13)21/h1-9H,10H2. The number of furan rings is 1. The van der Waals surface area contributed by atoms with E-state index in [9.17, 15) is 19.7 Å². The number of hydrogen-bond donors (Lipinski definition) is 0. The second-order valence-corrected chi connectivity index (χ2v) is 7.64. The van der Waals surface area contributed by atoms with Crippen LogP contribution in [0.4, 0.5) is 5.69 Å². The lowest BCUT2D eigenvalue weighted by Gasteiger charge is -2.11. The molecule has 8 nitrogen and oxygen atoms in total. The first-order chi connectivity index (χ1) is 13.9. The van der Waals surface area contributed by atoms with Gasteiger partial charge in [0.05, 0.1) is 16.7 Å². The number of nitro groups is 1. The Hall–Kier alpha value is -2.48. The maximum absolute atomic E-state index is 12.6. The lowest BCUT2D eigenvalue weighted by atomic mass is 10.2. The highest BCUT2D eigenvalue weighted by atomic mass is 127. The Morgan fingerprint density at radius 3 is 2.45 bits per heavy atom. The van der Waals surface area contributed by atoms with Gasteiger partial charge in [-0.05, 0) is 40.8 Å². The van der Waals surface area contributed by atoms with Gasteiger partial charge < -0.3 is 13.9 Å². The summed E-state index contributed by atoms with van der Waals surface area (Å²) in [4.78, 5) is 35.2. The molecule has 0 fully saturated rings. The van der Waals surface area contributed by atoms with E-state index in [1.807, 2.05) is 22.6 Å². The van der Waals surface area contributed by atoms with Crippen molar-refractivity contribution in [2.24, 2.45) is 0 Å². The van der Waals surface area contributed by atoms with Gasteiger partial charge in [0.2, 0.25) is 0 Å². The lowest BCUT2D eigenvalue weighted by molar-refractivity contribution is -0.385. The Balaban J connectivity index is 1.77. The van der Waals surface area contributed by atoms with Crippen molar-refractivity contribution in [3.63, 3.8) is 0 Å². The van der Waals surface area contributed by atoms with E-state index < -0.39 is 16.9 Å². The van der Waals surface area contributed by atoms with Crippen LogP contribution in [0.5, 0.6) is 5.75 Å². The summed E-state index contributed by atoms with van der Waals surface area (Å²) in [6, 6.07) is 12.2. The summed E-state index contributed by atoms with van der Waals surface area (Å²) in [6.45, 7) is -0.129. The SMILES string of the molecule is O=C(OCc1ccccc1OC(=O)c1cccc([N+](=O)[O-])c1I)c1ccoc1I. The average Bonchev–Trinajstić information content (AvgIpc) is 3.13. The molecule has 0 spiro atoms. The van der Waals surface area contributed by atoms with E-state index in [0.717, 1.165) is 0 Å². The molecule has 1 aromatic heterocycles. The van der Waals surface area contributed by atoms with Gasteiger partial charge >= 0.3 is 11.9 Å². The highest BCUT2D eigenvalue weighted by Crippen LogP contribution is 2.27. The van der Waals surface area contributed by atoms with Crippen LogP contribution in [-0.2, 0) is 11.3 Å². The van der Waals surface area contributed by atoms with Gasteiger partial charge in [-0.1, -0.05) is 24.3 Å². The van der Waals surface area contributed by atoms with Gasteiger partial charge in [-0.15, -0.1) is 0 Å². The third kappa shape index (κ3) is 4.93. The zero-order chi connectivity index (χ0) is 21.0. The molecule has 0 unspecified atom stereocenters. The maximum Gasteiger partial charge on any atom is 0.344 e. The van der Waals surface area contributed by atoms with E-state index >= 15 is 0 Å². The number of rotatable bonds is 6. The largest absolute Gasteiger partial charge is 0.458 e. The van der Waals surface area contributed by atoms with Crippen LogP contribution in [0, 0.1) is 17.5 Å². The number of esters is 2. The second kappa shape index (κ2) is 9.35. The van der Waals surface area contributed by atoms with E-state index in [0.29, 0.717) is 14.9 Å². The molecular weight excluding hydrogens is 608 g/mol. The van der Waals surface area contributed by atoms with Gasteiger partial charge in [-0.25, -0.2) is 9.59 Å². The first-order valence-electron chi connectivity index (χ1n) is 8.01. The fraction of sp³-hybridized carbons (Fsp3) is 0.0526. The lowest BCUT2D eigenvalue weighted by Crippen LogP contribution is -2.13. The van der Waals surface area contributed by atoms with Crippen LogP contribution < -0.4 is 4.74 Å². The topological polar surface area (TPSA) is 109 Å². The molecule has 0 aliphatic heterocycles. The third-order valence-electron chi connectivity index (χ3n) is 3.77. The van der Waals surface area contributed by atoms with Crippen molar-refractivity contribution < 1.29 is 28.4 Å². The van der Waals surface area contributed by atoms with Gasteiger partial charge in [0, 0.05) is 34.2 Å². The predicted molar refractivity (Wildman–Crippen MR) is 118 cm³/mol. The van der Waals surface area contributed by atoms with E-state index in [1.165, 1.54) is 30.5 Å². The fourth-order valence-electron chi connectivity index (χ4n) is 2.36. The summed E-state index contributed by atoms with van der Waals surface area (Å²) >= 11 is 3.61. The van der Waals surface area contributed by atoms with Gasteiger partial charge in [-0.3, -0.25) is 10.1 Å². The number of nitrogens with zero attached hydrogens (tertiary/aromatic N) is 1. The molecular formula is C19H11I2NO7. The Morgan fingerprint density at radius 1 is 1.00 bits per heavy atom. The number of benzene rings is 2. The number of nitro benzene ring substituents is 1. The normalized spacial score (nSPS) is 10.4. The van der Waals surface area contributed by atoms with Gasteiger partial charge in [0.25, 0.3) is 5.69 Å². The van der Waals surface area contributed by atoms with Crippen molar-refractivity contribution in [2.45, 2.75) is 6.61 Å². The molecule has 0 N–H and O–H groups in total. The monoisotopic (exact) mass is 619 g/mol. The van der Waals surface area contributed by atoms with Crippen LogP contribution in [0.1, 0.15) is 26.3 Å². The number of carbonyl (C=O) groups excluding carboxylic acids is 2. The molecule has 3 rings (SSSR count). The summed E-state index contributed by atoms with van der Waals surface area (Å²) in [5.41, 5.74) is 0.649. The van der Waals surface area contributed by atoms with Gasteiger partial charge in [-0.2, -0.15) is 0 Å². The van der Waals surface area contributed by atoms with Crippen molar-refractivity contribution in [2.75, 3.05) is 0 Å². The van der Waals surface area contributed by atoms with Crippen molar-refractivity contribution in [3.05, 3.63) is 88.9 Å². The molecule has 3 aromatic rings. The van der Waals surface area contributed by atoms with Crippen LogP contribution in [0.2, 0.25) is 0 Å². The summed E-state index contributed by atoms with van der Waals surface area (Å²) in [5.74, 6) is -1.13. The molecule has 0 aliphatic carbocycles. The Bertz CT molecular complexity index is 1090. The van der Waals surface area contributed by atoms with Crippen molar-refractivity contribution in [1.82, 2.24) is 0 Å². The van der Waals surface area contributed by atoms with E-state index in [-0.39, 0.29) is 27.2 Å². The number of carbonyl (C=O) groups is 2. The first-order valence-corrected chi connectivity index (χ1v) is 10.2. The zero-order valence-electron chi connectivity index (χ0n) is 14.5. The zero-order valence-corrected chi connectivity index (χ0v) is 18.8. The molecule has 0 saturated heterocycles. The molecule has 1 heterocycles. The molecule has 10 heteroatoms. The highest BCUT2D eigenvalue weighted by Gasteiger charge is 2.22. The number of halogens is 2. The molecule has 2 aromatic carbocycles. The minimum absolute atomic E-state index is 0.0690. The van der Waals surface area contributed by atoms with Crippen LogP contribution in [0.3, 0.4) is 0 Å². The Morgan fingerprint density at radius 2 is 1.76 bits per heavy atom. The molecule has 0 atom stereocenters. The van der Waals surface area contributed by atoms with Crippen LogP contribution >= 0.6 is 45.2 Å². The van der Waals surface area contributed by atoms with Crippen LogP contribution in [0.15, 0.2) is 59.2 Å². The van der Waals surface area contributed by atoms with Crippen molar-refractivity contribution in [1.29, 1.82) is 0 Å². The fourth-order valence-corrected chi connectivity index (χ4v) is 3.68. The number of hydrogen-bond acceptors (Lipinski definition) is 7. The molecule has 0 bridgehead atoms. The Kier molecular flexibility index (Phi) is 6.84. The van der Waals surface area contributed by atoms with Crippen molar-refractivity contribution in [3.8, 4) is 5.75 Å². The smallest absolute Gasteiger partial charge is 0.344 e. The first kappa shape index (κ1) is 21.2. The second-order valence-electron chi connectivity index (χ2n) is 5.58. The Labute approximate surface area is 191 Å². The average molecular weight is 619 g/mol. The molecule has 0 amide bonds. The number of ether oxygens (including phenoxy) is 2. The van der Waals surface area contributed by atoms with Crippen LogP contribution in [-0.4, -0.2) is 16.9 Å². The van der Waals surface area contributed by atoms with E-state index in [4.69, 9.17) is 13.9 Å². The molecule has 0 radical (unpaired) electrons. The van der Waals surface area contributed by atoms with Crippen molar-refractivity contribution >= 4 is 62.8 Å². The minimum Gasteiger partial charge on any atom is -0.458 e. The number of para-hydroxylation sites is 1. The summed E-state index contributed by atoms with van der Waals surface area (Å²) in [6.07, 6.45) is 1.38. The quantitative estimate of drug-likeness (QED) is 0.126. The van der Waals surface area contributed by atoms with Gasteiger partial charge in [0.15, 0.2) is 3.77 Å². The minimum atomic E-state index is -0.749. The summed E-state index contributed by atoms with van der Waals surface area (Å²) in [5, 5.41) is 11.1. The summed E-state index contributed by atoms with van der Waals surface area (Å²) in [7, 11) is 0. The molecule has 29 heavy (non-hydrogen) atoms. The summed E-state index contributed by atoms with van der Waals surface area (Å²) < 4.78 is 16.3. The molecule has 0 saturated carbocycles. The third-order valence-corrected chi connectivity index (χ3v) is 5.74. The predicted octanol–water partition coefficient (Wildman–Crippen LogP) is 4.97.